The van der Waals surface area contributed by atoms with E-state index >= 15 is 0 Å². The van der Waals surface area contributed by atoms with Crippen molar-refractivity contribution in [3.63, 3.8) is 0 Å². The van der Waals surface area contributed by atoms with Gasteiger partial charge in [-0.25, -0.2) is 0 Å². The van der Waals surface area contributed by atoms with E-state index in [0.717, 1.165) is 17.7 Å². The van der Waals surface area contributed by atoms with Crippen LogP contribution >= 0.6 is 0 Å². The summed E-state index contributed by atoms with van der Waals surface area (Å²) in [5.74, 6) is -0.269. The van der Waals surface area contributed by atoms with E-state index in [0.29, 0.717) is 19.6 Å². The number of halogens is 3. The Morgan fingerprint density at radius 2 is 1.95 bits per heavy atom. The van der Waals surface area contributed by atoms with E-state index in [9.17, 15) is 18.0 Å². The number of hydrogen-bond donors (Lipinski definition) is 0. The molecule has 1 aromatic rings. The van der Waals surface area contributed by atoms with Crippen LogP contribution in [0.1, 0.15) is 17.5 Å². The number of carbonyl (C=O) groups excluding carboxylic acids is 1. The van der Waals surface area contributed by atoms with Gasteiger partial charge in [0.1, 0.15) is 6.04 Å². The summed E-state index contributed by atoms with van der Waals surface area (Å²) in [6.45, 7) is 0.818. The van der Waals surface area contributed by atoms with Gasteiger partial charge in [0.25, 0.3) is 0 Å². The van der Waals surface area contributed by atoms with Crippen LogP contribution in [0.2, 0.25) is 0 Å². The summed E-state index contributed by atoms with van der Waals surface area (Å²) < 4.78 is 42.1. The molecule has 0 saturated carbocycles. The molecule has 19 heavy (non-hydrogen) atoms. The maximum Gasteiger partial charge on any atom is 0.416 e. The predicted octanol–water partition coefficient (Wildman–Crippen LogP) is 2.45. The molecule has 0 unspecified atom stereocenters. The summed E-state index contributed by atoms with van der Waals surface area (Å²) in [6, 6.07) is 4.66. The van der Waals surface area contributed by atoms with Crippen molar-refractivity contribution in [3.05, 3.63) is 35.4 Å². The van der Waals surface area contributed by atoms with Crippen LogP contribution in [0, 0.1) is 0 Å². The van der Waals surface area contributed by atoms with Crippen LogP contribution in [0.5, 0.6) is 0 Å². The molecule has 1 aromatic carbocycles. The third-order valence-corrected chi connectivity index (χ3v) is 3.15. The second kappa shape index (κ2) is 5.21. The first-order valence-corrected chi connectivity index (χ1v) is 5.91. The minimum Gasteiger partial charge on any atom is -0.464 e. The molecule has 0 spiro atoms. The summed E-state index contributed by atoms with van der Waals surface area (Å²) in [5.41, 5.74) is 0.0642. The number of hydrogen-bond acceptors (Lipinski definition) is 3. The van der Waals surface area contributed by atoms with Crippen molar-refractivity contribution in [3.8, 4) is 0 Å². The van der Waals surface area contributed by atoms with Gasteiger partial charge in [0.15, 0.2) is 0 Å². The summed E-state index contributed by atoms with van der Waals surface area (Å²) in [4.78, 5) is 13.2. The molecule has 0 radical (unpaired) electrons. The monoisotopic (exact) mass is 273 g/mol. The minimum absolute atomic E-state index is 0.269. The molecule has 1 aliphatic rings. The zero-order chi connectivity index (χ0) is 14.0. The Bertz CT molecular complexity index is 456. The van der Waals surface area contributed by atoms with E-state index in [1.165, 1.54) is 12.1 Å². The van der Waals surface area contributed by atoms with E-state index in [4.69, 9.17) is 4.74 Å². The van der Waals surface area contributed by atoms with E-state index in [2.05, 4.69) is 0 Å². The number of benzene rings is 1. The standard InChI is InChI=1S/C13H14F3NO2/c1-17(11-6-7-19-12(11)18)8-9-2-4-10(5-3-9)13(14,15)16/h2-5,11H,6-8H2,1H3/t11-/m0/s1. The second-order valence-electron chi connectivity index (χ2n) is 4.58. The summed E-state index contributed by atoms with van der Waals surface area (Å²) in [5, 5.41) is 0. The number of nitrogens with zero attached hydrogens (tertiary/aromatic N) is 1. The van der Waals surface area contributed by atoms with Crippen LogP contribution in [0.3, 0.4) is 0 Å². The fourth-order valence-corrected chi connectivity index (χ4v) is 2.08. The average Bonchev–Trinajstić information content (AvgIpc) is 2.75. The number of rotatable bonds is 3. The SMILES string of the molecule is CN(Cc1ccc(C(F)(F)F)cc1)[C@H]1CCOC1=O. The smallest absolute Gasteiger partial charge is 0.416 e. The molecule has 0 amide bonds. The number of esters is 1. The Labute approximate surface area is 109 Å². The van der Waals surface area contributed by atoms with Crippen molar-refractivity contribution in [2.45, 2.75) is 25.2 Å². The minimum atomic E-state index is -4.32. The molecule has 0 aliphatic carbocycles. The van der Waals surface area contributed by atoms with Crippen LogP contribution in [-0.2, 0) is 22.3 Å². The summed E-state index contributed by atoms with van der Waals surface area (Å²) >= 11 is 0. The molecule has 6 heteroatoms. The van der Waals surface area contributed by atoms with Gasteiger partial charge >= 0.3 is 12.1 Å². The number of ether oxygens (including phenoxy) is 1. The molecular weight excluding hydrogens is 259 g/mol. The molecule has 1 heterocycles. The Kier molecular flexibility index (Phi) is 3.80. The van der Waals surface area contributed by atoms with Crippen LogP contribution < -0.4 is 0 Å². The Morgan fingerprint density at radius 3 is 2.42 bits per heavy atom. The molecule has 1 atom stereocenters. The van der Waals surface area contributed by atoms with Crippen molar-refractivity contribution < 1.29 is 22.7 Å². The van der Waals surface area contributed by atoms with Gasteiger partial charge in [0.2, 0.25) is 0 Å². The zero-order valence-electron chi connectivity index (χ0n) is 10.4. The average molecular weight is 273 g/mol. The fourth-order valence-electron chi connectivity index (χ4n) is 2.08. The molecule has 0 bridgehead atoms. The van der Waals surface area contributed by atoms with Crippen molar-refractivity contribution in [2.75, 3.05) is 13.7 Å². The first-order valence-electron chi connectivity index (χ1n) is 5.91. The van der Waals surface area contributed by atoms with Gasteiger partial charge in [-0.05, 0) is 24.7 Å². The summed E-state index contributed by atoms with van der Waals surface area (Å²) in [7, 11) is 1.76. The first kappa shape index (κ1) is 13.9. The maximum absolute atomic E-state index is 12.4. The zero-order valence-corrected chi connectivity index (χ0v) is 10.4. The van der Waals surface area contributed by atoms with Crippen LogP contribution in [0.25, 0.3) is 0 Å². The highest BCUT2D eigenvalue weighted by atomic mass is 19.4. The fraction of sp³-hybridized carbons (Fsp3) is 0.462. The van der Waals surface area contributed by atoms with Gasteiger partial charge in [-0.1, -0.05) is 12.1 Å². The van der Waals surface area contributed by atoms with Crippen LogP contribution in [0.15, 0.2) is 24.3 Å². The van der Waals surface area contributed by atoms with E-state index in [1.54, 1.807) is 11.9 Å². The molecule has 0 N–H and O–H groups in total. The predicted molar refractivity (Wildman–Crippen MR) is 62.3 cm³/mol. The molecule has 1 fully saturated rings. The maximum atomic E-state index is 12.4. The van der Waals surface area contributed by atoms with Gasteiger partial charge in [0, 0.05) is 13.0 Å². The number of alkyl halides is 3. The molecule has 2 rings (SSSR count). The Balaban J connectivity index is 2.01. The Hall–Kier alpha value is -1.56. The second-order valence-corrected chi connectivity index (χ2v) is 4.58. The van der Waals surface area contributed by atoms with E-state index < -0.39 is 11.7 Å². The van der Waals surface area contributed by atoms with Crippen molar-refractivity contribution in [1.29, 1.82) is 0 Å². The summed E-state index contributed by atoms with van der Waals surface area (Å²) in [6.07, 6.45) is -3.70. The molecule has 3 nitrogen and oxygen atoms in total. The lowest BCUT2D eigenvalue weighted by molar-refractivity contribution is -0.142. The largest absolute Gasteiger partial charge is 0.464 e. The molecule has 1 aliphatic heterocycles. The van der Waals surface area contributed by atoms with Gasteiger partial charge in [-0.3, -0.25) is 9.69 Å². The van der Waals surface area contributed by atoms with Gasteiger partial charge in [-0.2, -0.15) is 13.2 Å². The van der Waals surface area contributed by atoms with E-state index in [1.807, 2.05) is 0 Å². The van der Waals surface area contributed by atoms with Gasteiger partial charge in [0.05, 0.1) is 12.2 Å². The first-order chi connectivity index (χ1) is 8.88. The van der Waals surface area contributed by atoms with E-state index in [-0.39, 0.29) is 12.0 Å². The number of likely N-dealkylation sites (N-methyl/N-ethyl adjacent to an activating group) is 1. The van der Waals surface area contributed by atoms with Crippen LogP contribution in [-0.4, -0.2) is 30.6 Å². The van der Waals surface area contributed by atoms with Gasteiger partial charge in [-0.15, -0.1) is 0 Å². The molecule has 1 saturated heterocycles. The van der Waals surface area contributed by atoms with Crippen molar-refractivity contribution in [1.82, 2.24) is 4.90 Å². The Morgan fingerprint density at radius 1 is 1.32 bits per heavy atom. The van der Waals surface area contributed by atoms with Crippen molar-refractivity contribution in [2.24, 2.45) is 0 Å². The quantitative estimate of drug-likeness (QED) is 0.792. The third-order valence-electron chi connectivity index (χ3n) is 3.15. The number of cyclic esters (lactones) is 1. The molecule has 0 aromatic heterocycles. The van der Waals surface area contributed by atoms with Gasteiger partial charge < -0.3 is 4.74 Å². The van der Waals surface area contributed by atoms with Crippen LogP contribution in [0.4, 0.5) is 13.2 Å². The third kappa shape index (κ3) is 3.26. The molecule has 104 valence electrons. The molecular formula is C13H14F3NO2. The highest BCUT2D eigenvalue weighted by Gasteiger charge is 2.31. The number of carbonyl (C=O) groups is 1. The highest BCUT2D eigenvalue weighted by molar-refractivity contribution is 5.77. The lowest BCUT2D eigenvalue weighted by atomic mass is 10.1. The highest BCUT2D eigenvalue weighted by Crippen LogP contribution is 2.29. The van der Waals surface area contributed by atoms with Crippen molar-refractivity contribution >= 4 is 5.97 Å². The topological polar surface area (TPSA) is 29.5 Å². The lowest BCUT2D eigenvalue weighted by Gasteiger charge is -2.21. The lowest BCUT2D eigenvalue weighted by Crippen LogP contribution is -2.34. The normalized spacial score (nSPS) is 19.8.